The molecule has 0 fully saturated rings. The summed E-state index contributed by atoms with van der Waals surface area (Å²) in [6.07, 6.45) is 3.63. The van der Waals surface area contributed by atoms with Gasteiger partial charge in [0.15, 0.2) is 0 Å². The van der Waals surface area contributed by atoms with E-state index in [-0.39, 0.29) is 18.2 Å². The second-order valence-electron chi connectivity index (χ2n) is 7.28. The van der Waals surface area contributed by atoms with Gasteiger partial charge in [0.05, 0.1) is 17.7 Å². The first kappa shape index (κ1) is 18.8. The highest BCUT2D eigenvalue weighted by Crippen LogP contribution is 2.45. The van der Waals surface area contributed by atoms with Gasteiger partial charge in [0.1, 0.15) is 6.33 Å². The SMILES string of the molecule is CN1C(=O)[C@](CC(=O)NCc2ccncn2)(Cc2ccccc2)c2ccccc21. The number of nitrogens with one attached hydrogen (secondary N) is 1. The van der Waals surface area contributed by atoms with E-state index in [2.05, 4.69) is 15.3 Å². The molecule has 6 nitrogen and oxygen atoms in total. The first-order valence-corrected chi connectivity index (χ1v) is 9.53. The molecule has 2 amide bonds. The first-order chi connectivity index (χ1) is 14.1. The fourth-order valence-electron chi connectivity index (χ4n) is 4.01. The second-order valence-corrected chi connectivity index (χ2v) is 7.28. The van der Waals surface area contributed by atoms with Crippen molar-refractivity contribution in [2.45, 2.75) is 24.8 Å². The minimum atomic E-state index is -0.928. The van der Waals surface area contributed by atoms with Crippen LogP contribution in [0.25, 0.3) is 0 Å². The van der Waals surface area contributed by atoms with Crippen molar-refractivity contribution in [2.75, 3.05) is 11.9 Å². The van der Waals surface area contributed by atoms with E-state index in [1.165, 1.54) is 6.33 Å². The Labute approximate surface area is 169 Å². The number of fused-ring (bicyclic) bond motifs is 1. The summed E-state index contributed by atoms with van der Waals surface area (Å²) in [4.78, 5) is 36.0. The van der Waals surface area contributed by atoms with Crippen LogP contribution in [0.3, 0.4) is 0 Å². The topological polar surface area (TPSA) is 75.2 Å². The molecule has 0 radical (unpaired) electrons. The van der Waals surface area contributed by atoms with Crippen LogP contribution < -0.4 is 10.2 Å². The third-order valence-electron chi connectivity index (χ3n) is 5.42. The van der Waals surface area contributed by atoms with Gasteiger partial charge in [-0.15, -0.1) is 0 Å². The molecule has 0 unspecified atom stereocenters. The lowest BCUT2D eigenvalue weighted by Gasteiger charge is -2.28. The lowest BCUT2D eigenvalue weighted by atomic mass is 9.73. The summed E-state index contributed by atoms with van der Waals surface area (Å²) >= 11 is 0. The van der Waals surface area contributed by atoms with Crippen molar-refractivity contribution in [1.29, 1.82) is 0 Å². The molecule has 6 heteroatoms. The van der Waals surface area contributed by atoms with Crippen LogP contribution in [0.1, 0.15) is 23.2 Å². The number of hydrogen-bond acceptors (Lipinski definition) is 4. The molecule has 2 heterocycles. The lowest BCUT2D eigenvalue weighted by Crippen LogP contribution is -2.44. The van der Waals surface area contributed by atoms with E-state index in [9.17, 15) is 9.59 Å². The van der Waals surface area contributed by atoms with Crippen LogP contribution in [0.4, 0.5) is 5.69 Å². The van der Waals surface area contributed by atoms with Crippen LogP contribution in [0.15, 0.2) is 73.2 Å². The molecule has 2 aromatic carbocycles. The van der Waals surface area contributed by atoms with Crippen LogP contribution in [-0.2, 0) is 28.0 Å². The molecule has 0 bridgehead atoms. The minimum Gasteiger partial charge on any atom is -0.350 e. The van der Waals surface area contributed by atoms with Gasteiger partial charge in [-0.25, -0.2) is 9.97 Å². The van der Waals surface area contributed by atoms with Crippen molar-refractivity contribution in [1.82, 2.24) is 15.3 Å². The Morgan fingerprint density at radius 1 is 1.07 bits per heavy atom. The largest absolute Gasteiger partial charge is 0.350 e. The predicted molar refractivity (Wildman–Crippen MR) is 110 cm³/mol. The predicted octanol–water partition coefficient (Wildman–Crippen LogP) is 2.64. The summed E-state index contributed by atoms with van der Waals surface area (Å²) in [6, 6.07) is 19.3. The van der Waals surface area contributed by atoms with Gasteiger partial charge in [-0.3, -0.25) is 9.59 Å². The van der Waals surface area contributed by atoms with Gasteiger partial charge >= 0.3 is 0 Å². The number of anilines is 1. The third-order valence-corrected chi connectivity index (χ3v) is 5.42. The maximum atomic E-state index is 13.4. The van der Waals surface area contributed by atoms with Gasteiger partial charge < -0.3 is 10.2 Å². The molecule has 0 aliphatic carbocycles. The highest BCUT2D eigenvalue weighted by Gasteiger charge is 2.50. The highest BCUT2D eigenvalue weighted by molar-refractivity contribution is 6.09. The lowest BCUT2D eigenvalue weighted by molar-refractivity contribution is -0.129. The van der Waals surface area contributed by atoms with Gasteiger partial charge in [-0.2, -0.15) is 0 Å². The number of para-hydroxylation sites is 1. The number of carbonyl (C=O) groups is 2. The van der Waals surface area contributed by atoms with E-state index in [0.717, 1.165) is 22.5 Å². The van der Waals surface area contributed by atoms with Gasteiger partial charge in [0.2, 0.25) is 11.8 Å². The summed E-state index contributed by atoms with van der Waals surface area (Å²) in [5, 5.41) is 2.90. The fourth-order valence-corrected chi connectivity index (χ4v) is 4.01. The van der Waals surface area contributed by atoms with E-state index in [1.54, 1.807) is 24.2 Å². The molecule has 0 saturated carbocycles. The summed E-state index contributed by atoms with van der Waals surface area (Å²) < 4.78 is 0. The number of carbonyl (C=O) groups excluding carboxylic acids is 2. The molecule has 1 aromatic heterocycles. The van der Waals surface area contributed by atoms with Crippen molar-refractivity contribution in [3.05, 3.63) is 90.0 Å². The van der Waals surface area contributed by atoms with Crippen LogP contribution in [0, 0.1) is 0 Å². The smallest absolute Gasteiger partial charge is 0.238 e. The standard InChI is InChI=1S/C23H22N4O2/c1-27-20-10-6-5-9-19(20)23(22(27)29,13-17-7-3-2-4-8-17)14-21(28)25-15-18-11-12-24-16-26-18/h2-12,16H,13-15H2,1H3,(H,25,28)/t23-/m0/s1. The Morgan fingerprint density at radius 2 is 1.83 bits per heavy atom. The normalized spacial score (nSPS) is 17.8. The Hall–Kier alpha value is -3.54. The van der Waals surface area contributed by atoms with Crippen LogP contribution >= 0.6 is 0 Å². The molecule has 0 spiro atoms. The molecule has 1 aliphatic rings. The minimum absolute atomic E-state index is 0.0558. The zero-order chi connectivity index (χ0) is 20.3. The molecule has 1 N–H and O–H groups in total. The van der Waals surface area contributed by atoms with Crippen molar-refractivity contribution < 1.29 is 9.59 Å². The summed E-state index contributed by atoms with van der Waals surface area (Å²) in [7, 11) is 1.77. The van der Waals surface area contributed by atoms with E-state index in [0.29, 0.717) is 13.0 Å². The van der Waals surface area contributed by atoms with Crippen LogP contribution in [0.2, 0.25) is 0 Å². The molecule has 146 valence electrons. The molecule has 29 heavy (non-hydrogen) atoms. The zero-order valence-electron chi connectivity index (χ0n) is 16.2. The average Bonchev–Trinajstić information content (AvgIpc) is 2.96. The second kappa shape index (κ2) is 7.83. The number of hydrogen-bond donors (Lipinski definition) is 1. The molecule has 3 aromatic rings. The van der Waals surface area contributed by atoms with E-state index >= 15 is 0 Å². The molecule has 1 aliphatic heterocycles. The van der Waals surface area contributed by atoms with Crippen molar-refractivity contribution in [2.24, 2.45) is 0 Å². The molecule has 1 atom stereocenters. The maximum Gasteiger partial charge on any atom is 0.238 e. The molecule has 4 rings (SSSR count). The number of aromatic nitrogens is 2. The number of amides is 2. The van der Waals surface area contributed by atoms with E-state index < -0.39 is 5.41 Å². The number of nitrogens with zero attached hydrogens (tertiary/aromatic N) is 3. The zero-order valence-corrected chi connectivity index (χ0v) is 16.2. The molecular weight excluding hydrogens is 364 g/mol. The Kier molecular flexibility index (Phi) is 5.08. The Morgan fingerprint density at radius 3 is 2.59 bits per heavy atom. The summed E-state index contributed by atoms with van der Waals surface area (Å²) in [5.74, 6) is -0.238. The van der Waals surface area contributed by atoms with Crippen LogP contribution in [0.5, 0.6) is 0 Å². The van der Waals surface area contributed by atoms with Crippen molar-refractivity contribution in [3.8, 4) is 0 Å². The monoisotopic (exact) mass is 386 g/mol. The summed E-state index contributed by atoms with van der Waals surface area (Å²) in [5.41, 5.74) is 2.57. The number of likely N-dealkylation sites (N-methyl/N-ethyl adjacent to an activating group) is 1. The van der Waals surface area contributed by atoms with Crippen LogP contribution in [-0.4, -0.2) is 28.8 Å². The van der Waals surface area contributed by atoms with Crippen molar-refractivity contribution >= 4 is 17.5 Å². The third kappa shape index (κ3) is 3.61. The Bertz CT molecular complexity index is 1020. The van der Waals surface area contributed by atoms with E-state index in [1.807, 2.05) is 54.6 Å². The number of rotatable bonds is 6. The highest BCUT2D eigenvalue weighted by atomic mass is 16.2. The quantitative estimate of drug-likeness (QED) is 0.707. The average molecular weight is 386 g/mol. The molecular formula is C23H22N4O2. The van der Waals surface area contributed by atoms with Gasteiger partial charge in [-0.1, -0.05) is 48.5 Å². The molecule has 0 saturated heterocycles. The van der Waals surface area contributed by atoms with Gasteiger partial charge in [0, 0.05) is 25.4 Å². The van der Waals surface area contributed by atoms with Gasteiger partial charge in [0.25, 0.3) is 0 Å². The number of benzene rings is 2. The maximum absolute atomic E-state index is 13.4. The first-order valence-electron chi connectivity index (χ1n) is 9.53. The van der Waals surface area contributed by atoms with Crippen molar-refractivity contribution in [3.63, 3.8) is 0 Å². The Balaban J connectivity index is 1.64. The van der Waals surface area contributed by atoms with E-state index in [4.69, 9.17) is 0 Å². The fraction of sp³-hybridized carbons (Fsp3) is 0.217. The summed E-state index contributed by atoms with van der Waals surface area (Å²) in [6.45, 7) is 0.300. The van der Waals surface area contributed by atoms with Gasteiger partial charge in [-0.05, 0) is 29.7 Å².